The number of rotatable bonds is 11. The van der Waals surface area contributed by atoms with Gasteiger partial charge >= 0.3 is 5.97 Å². The average Bonchev–Trinajstić information content (AvgIpc) is 2.36. The predicted octanol–water partition coefficient (Wildman–Crippen LogP) is 4.14. The molecule has 148 valence electrons. The lowest BCUT2D eigenvalue weighted by atomic mass is 10.4. The summed E-state index contributed by atoms with van der Waals surface area (Å²) in [5, 5.41) is 0. The number of hydrogen-bond acceptors (Lipinski definition) is 4. The maximum atomic E-state index is 11.3. The minimum absolute atomic E-state index is 0.355. The smallest absolute Gasteiger partial charge is 0.368 e. The highest BCUT2D eigenvalue weighted by Crippen LogP contribution is 2.37. The molecule has 0 fully saturated rings. The molecule has 0 atom stereocenters. The van der Waals surface area contributed by atoms with Crippen molar-refractivity contribution in [3.05, 3.63) is 12.2 Å². The second kappa shape index (κ2) is 9.42. The van der Waals surface area contributed by atoms with Crippen LogP contribution in [0, 0.1) is 0 Å². The molecular weight excluding hydrogens is 397 g/mol. The fraction of sp³-hybridized carbons (Fsp3) is 0.812. The lowest BCUT2D eigenvalue weighted by molar-refractivity contribution is -0.268. The van der Waals surface area contributed by atoms with Gasteiger partial charge in [-0.2, -0.15) is 4.89 Å². The predicted molar refractivity (Wildman–Crippen MR) is 122 cm³/mol. The number of carbonyl (C=O) groups is 1. The largest absolute Gasteiger partial charge is 0.466 e. The normalized spacial score (nSPS) is 14.2. The first kappa shape index (κ1) is 25.2. The molecule has 0 N–H and O–H groups in total. The van der Waals surface area contributed by atoms with Crippen LogP contribution in [0.1, 0.15) is 13.3 Å². The van der Waals surface area contributed by atoms with Crippen LogP contribution in [0.25, 0.3) is 0 Å². The standard InChI is InChI=1S/C16H40O4Si5/c1-15(2)16(17)19-18-13-12-14-21-20-25(22(3,4)5,23(6,7)8)24(9,10)11/h1,12-14,21H2,2-11H3. The molecule has 0 bridgehead atoms. The monoisotopic (exact) mass is 436 g/mol. The summed E-state index contributed by atoms with van der Waals surface area (Å²) in [7, 11) is -4.61. The summed E-state index contributed by atoms with van der Waals surface area (Å²) in [5.41, 5.74) is 0.355. The van der Waals surface area contributed by atoms with E-state index in [1.807, 2.05) is 0 Å². The molecular formula is C16H40O4Si5. The third-order valence-corrected chi connectivity index (χ3v) is 77.7. The number of hydrogen-bond donors (Lipinski definition) is 0. The second-order valence-corrected chi connectivity index (χ2v) is 51.4. The SMILES string of the molecule is C=C(C)C(=O)OOCCC[SiH2]O[Si]([Si](C)(C)C)([Si](C)(C)C)[Si](C)(C)C. The maximum Gasteiger partial charge on any atom is 0.368 e. The zero-order valence-electron chi connectivity index (χ0n) is 18.2. The van der Waals surface area contributed by atoms with Gasteiger partial charge in [0.15, 0.2) is 0 Å². The van der Waals surface area contributed by atoms with E-state index in [4.69, 9.17) is 9.00 Å². The topological polar surface area (TPSA) is 44.8 Å². The van der Waals surface area contributed by atoms with Crippen LogP contribution in [0.4, 0.5) is 0 Å². The molecule has 4 nitrogen and oxygen atoms in total. The Labute approximate surface area is 161 Å². The van der Waals surface area contributed by atoms with E-state index < -0.39 is 45.4 Å². The quantitative estimate of drug-likeness (QED) is 0.160. The van der Waals surface area contributed by atoms with Gasteiger partial charge in [-0.15, -0.1) is 0 Å². The molecule has 0 aliphatic carbocycles. The Kier molecular flexibility index (Phi) is 9.50. The van der Waals surface area contributed by atoms with Crippen molar-refractivity contribution in [2.24, 2.45) is 0 Å². The molecule has 0 saturated heterocycles. The molecule has 0 aliphatic rings. The van der Waals surface area contributed by atoms with Gasteiger partial charge in [-0.25, -0.2) is 4.79 Å². The van der Waals surface area contributed by atoms with Crippen molar-refractivity contribution in [3.8, 4) is 0 Å². The van der Waals surface area contributed by atoms with E-state index in [9.17, 15) is 4.79 Å². The summed E-state index contributed by atoms with van der Waals surface area (Å²) in [6.07, 6.45) is 0.892. The fourth-order valence-corrected chi connectivity index (χ4v) is 114. The van der Waals surface area contributed by atoms with Crippen molar-refractivity contribution in [3.63, 3.8) is 0 Å². The lowest BCUT2D eigenvalue weighted by Crippen LogP contribution is -2.84. The summed E-state index contributed by atoms with van der Waals surface area (Å²) in [4.78, 5) is 20.9. The van der Waals surface area contributed by atoms with E-state index in [1.54, 1.807) is 6.92 Å². The highest BCUT2D eigenvalue weighted by molar-refractivity contribution is 7.87. The van der Waals surface area contributed by atoms with Crippen LogP contribution in [0.5, 0.6) is 0 Å². The third-order valence-electron chi connectivity index (χ3n) is 4.59. The second-order valence-electron chi connectivity index (χ2n) is 9.96. The van der Waals surface area contributed by atoms with Crippen molar-refractivity contribution in [2.45, 2.75) is 78.3 Å². The van der Waals surface area contributed by atoms with Gasteiger partial charge in [0.1, 0.15) is 16.6 Å². The van der Waals surface area contributed by atoms with Gasteiger partial charge in [0, 0.05) is 5.57 Å². The summed E-state index contributed by atoms with van der Waals surface area (Å²) >= 11 is 0. The van der Waals surface area contributed by atoms with Crippen LogP contribution >= 0.6 is 0 Å². The third kappa shape index (κ3) is 6.71. The van der Waals surface area contributed by atoms with Gasteiger partial charge in [0.25, 0.3) is 0 Å². The average molecular weight is 437 g/mol. The molecule has 0 saturated carbocycles. The van der Waals surface area contributed by atoms with E-state index in [0.29, 0.717) is 12.2 Å². The van der Waals surface area contributed by atoms with Crippen LogP contribution in [0.2, 0.25) is 65.0 Å². The van der Waals surface area contributed by atoms with Crippen LogP contribution in [-0.4, -0.2) is 52.0 Å². The van der Waals surface area contributed by atoms with E-state index >= 15 is 0 Å². The van der Waals surface area contributed by atoms with Crippen LogP contribution in [-0.2, 0) is 18.7 Å². The zero-order chi connectivity index (χ0) is 20.1. The van der Waals surface area contributed by atoms with Crippen molar-refractivity contribution in [2.75, 3.05) is 6.61 Å². The Balaban J connectivity index is 4.73. The van der Waals surface area contributed by atoms with Gasteiger partial charge < -0.3 is 4.12 Å². The highest BCUT2D eigenvalue weighted by Gasteiger charge is 2.62. The molecule has 0 aromatic heterocycles. The van der Waals surface area contributed by atoms with Crippen molar-refractivity contribution in [1.29, 1.82) is 0 Å². The van der Waals surface area contributed by atoms with Crippen molar-refractivity contribution < 1.29 is 18.7 Å². The van der Waals surface area contributed by atoms with Crippen LogP contribution in [0.3, 0.4) is 0 Å². The van der Waals surface area contributed by atoms with E-state index in [-0.39, 0.29) is 0 Å². The molecule has 0 aromatic rings. The van der Waals surface area contributed by atoms with Crippen LogP contribution in [0.15, 0.2) is 12.2 Å². The van der Waals surface area contributed by atoms with Gasteiger partial charge in [-0.05, 0) is 19.4 Å². The molecule has 9 heteroatoms. The van der Waals surface area contributed by atoms with Crippen LogP contribution < -0.4 is 0 Å². The first-order valence-electron chi connectivity index (χ1n) is 9.21. The molecule has 0 spiro atoms. The van der Waals surface area contributed by atoms with Gasteiger partial charge in [0.2, 0.25) is 0 Å². The molecule has 0 aliphatic heterocycles. The Morgan fingerprint density at radius 3 is 1.72 bits per heavy atom. The summed E-state index contributed by atoms with van der Waals surface area (Å²) in [5.74, 6) is -0.490. The van der Waals surface area contributed by atoms with Gasteiger partial charge in [-0.1, -0.05) is 65.5 Å². The van der Waals surface area contributed by atoms with Gasteiger partial charge in [-0.3, -0.25) is 4.89 Å². The molecule has 0 radical (unpaired) electrons. The van der Waals surface area contributed by atoms with Gasteiger partial charge in [0.05, 0.1) is 29.4 Å². The molecule has 0 unspecified atom stereocenters. The Morgan fingerprint density at radius 2 is 1.36 bits per heavy atom. The molecule has 0 amide bonds. The minimum Gasteiger partial charge on any atom is -0.466 e. The lowest BCUT2D eigenvalue weighted by Gasteiger charge is -2.56. The minimum atomic E-state index is -1.66. The molecule has 0 aromatic carbocycles. The van der Waals surface area contributed by atoms with E-state index in [0.717, 1.165) is 12.5 Å². The zero-order valence-corrected chi connectivity index (χ0v) is 23.6. The summed E-state index contributed by atoms with van der Waals surface area (Å²) in [6.45, 7) is 26.8. The molecule has 0 heterocycles. The number of carbonyl (C=O) groups excluding carboxylic acids is 1. The maximum absolute atomic E-state index is 11.3. The first-order valence-corrected chi connectivity index (χ1v) is 26.2. The first-order chi connectivity index (χ1) is 11.1. The van der Waals surface area contributed by atoms with Crippen molar-refractivity contribution >= 4 is 45.4 Å². The van der Waals surface area contributed by atoms with Crippen molar-refractivity contribution in [1.82, 2.24) is 0 Å². The molecule has 0 rings (SSSR count). The Bertz CT molecular complexity index is 425. The Morgan fingerprint density at radius 1 is 0.920 bits per heavy atom. The fourth-order valence-electron chi connectivity index (χ4n) is 4.68. The van der Waals surface area contributed by atoms with E-state index in [1.165, 1.54) is 0 Å². The molecule has 25 heavy (non-hydrogen) atoms. The summed E-state index contributed by atoms with van der Waals surface area (Å²) in [6, 6.07) is 1.08. The Hall–Kier alpha value is 0.214. The highest BCUT2D eigenvalue weighted by atomic mass is 29.9. The summed E-state index contributed by atoms with van der Waals surface area (Å²) < 4.78 is 7.07. The van der Waals surface area contributed by atoms with E-state index in [2.05, 4.69) is 70.4 Å².